The molecule has 0 aliphatic carbocycles. The lowest BCUT2D eigenvalue weighted by Gasteiger charge is -2.31. The molecule has 25 heavy (non-hydrogen) atoms. The zero-order chi connectivity index (χ0) is 19.3. The first kappa shape index (κ1) is 21.5. The molecule has 0 aliphatic heterocycles. The lowest BCUT2D eigenvalue weighted by atomic mass is 9.87. The van der Waals surface area contributed by atoms with Gasteiger partial charge in [0.25, 0.3) is 0 Å². The van der Waals surface area contributed by atoms with Gasteiger partial charge < -0.3 is 5.32 Å². The summed E-state index contributed by atoms with van der Waals surface area (Å²) < 4.78 is 41.3. The topological polar surface area (TPSA) is 64.9 Å². The largest absolute Gasteiger partial charge is 0.407 e. The standard InChI is InChI=1S/C17H21BrF3N3O/c1-16(2,3)10-13(15(25)23-9-8-22)24-14(17(19,20)21)11-4-6-12(18)7-5-11/h4-7,13-14,24H,9-10H2,1-3H3,(H,23,25)/t13-,14-/m0/s1. The predicted molar refractivity (Wildman–Crippen MR) is 92.6 cm³/mol. The van der Waals surface area contributed by atoms with Gasteiger partial charge in [-0.2, -0.15) is 18.4 Å². The highest BCUT2D eigenvalue weighted by atomic mass is 79.9. The molecule has 0 unspecified atom stereocenters. The van der Waals surface area contributed by atoms with Crippen LogP contribution in [0.15, 0.2) is 28.7 Å². The third kappa shape index (κ3) is 7.45. The van der Waals surface area contributed by atoms with E-state index in [4.69, 9.17) is 5.26 Å². The Labute approximate surface area is 153 Å². The maximum atomic E-state index is 13.6. The summed E-state index contributed by atoms with van der Waals surface area (Å²) in [6.07, 6.45) is -4.38. The molecule has 0 heterocycles. The normalized spacial score (nSPS) is 14.5. The smallest absolute Gasteiger partial charge is 0.342 e. The molecule has 0 radical (unpaired) electrons. The molecule has 0 bridgehead atoms. The lowest BCUT2D eigenvalue weighted by molar-refractivity contribution is -0.161. The Kier molecular flexibility index (Phi) is 7.44. The second kappa shape index (κ2) is 8.68. The van der Waals surface area contributed by atoms with E-state index < -0.39 is 24.2 Å². The molecule has 0 aliphatic rings. The van der Waals surface area contributed by atoms with Crippen LogP contribution < -0.4 is 10.6 Å². The van der Waals surface area contributed by atoms with Crippen LogP contribution >= 0.6 is 15.9 Å². The highest BCUT2D eigenvalue weighted by Crippen LogP contribution is 2.34. The quantitative estimate of drug-likeness (QED) is 0.682. The van der Waals surface area contributed by atoms with Crippen molar-refractivity contribution in [3.05, 3.63) is 34.3 Å². The van der Waals surface area contributed by atoms with Crippen LogP contribution in [0.2, 0.25) is 0 Å². The van der Waals surface area contributed by atoms with Gasteiger partial charge in [-0.15, -0.1) is 0 Å². The molecule has 2 N–H and O–H groups in total. The van der Waals surface area contributed by atoms with Crippen molar-refractivity contribution in [1.82, 2.24) is 10.6 Å². The predicted octanol–water partition coefficient (Wildman–Crippen LogP) is 4.09. The number of hydrogen-bond donors (Lipinski definition) is 2. The highest BCUT2D eigenvalue weighted by molar-refractivity contribution is 9.10. The van der Waals surface area contributed by atoms with E-state index in [1.54, 1.807) is 6.07 Å². The second-order valence-corrected chi connectivity index (χ2v) is 7.80. The van der Waals surface area contributed by atoms with Gasteiger partial charge in [-0.25, -0.2) is 0 Å². The van der Waals surface area contributed by atoms with E-state index >= 15 is 0 Å². The van der Waals surface area contributed by atoms with Crippen LogP contribution in [0.3, 0.4) is 0 Å². The Morgan fingerprint density at radius 2 is 1.80 bits per heavy atom. The van der Waals surface area contributed by atoms with Gasteiger partial charge in [-0.05, 0) is 29.5 Å². The minimum absolute atomic E-state index is 0.0164. The molecule has 1 rings (SSSR count). The number of carbonyl (C=O) groups is 1. The van der Waals surface area contributed by atoms with Crippen LogP contribution in [-0.2, 0) is 4.79 Å². The van der Waals surface area contributed by atoms with E-state index in [2.05, 4.69) is 26.6 Å². The third-order valence-corrected chi connectivity index (χ3v) is 3.90. The number of nitrogens with one attached hydrogen (secondary N) is 2. The number of alkyl halides is 3. The molecule has 0 spiro atoms. The van der Waals surface area contributed by atoms with Crippen LogP contribution in [0.1, 0.15) is 38.8 Å². The fraction of sp³-hybridized carbons (Fsp3) is 0.529. The fourth-order valence-electron chi connectivity index (χ4n) is 2.33. The molecular weight excluding hydrogens is 399 g/mol. The monoisotopic (exact) mass is 419 g/mol. The number of rotatable bonds is 6. The summed E-state index contributed by atoms with van der Waals surface area (Å²) >= 11 is 3.19. The average Bonchev–Trinajstić information content (AvgIpc) is 2.47. The maximum Gasteiger partial charge on any atom is 0.407 e. The third-order valence-electron chi connectivity index (χ3n) is 3.37. The number of halogens is 4. The van der Waals surface area contributed by atoms with Gasteiger partial charge >= 0.3 is 6.18 Å². The van der Waals surface area contributed by atoms with Gasteiger partial charge in [0.05, 0.1) is 12.1 Å². The van der Waals surface area contributed by atoms with Crippen LogP contribution in [0.4, 0.5) is 13.2 Å². The molecule has 0 fully saturated rings. The summed E-state index contributed by atoms with van der Waals surface area (Å²) in [6, 6.07) is 4.44. The van der Waals surface area contributed by atoms with Gasteiger partial charge in [0.2, 0.25) is 5.91 Å². The van der Waals surface area contributed by atoms with E-state index in [0.29, 0.717) is 4.47 Å². The first-order valence-corrected chi connectivity index (χ1v) is 8.46. The van der Waals surface area contributed by atoms with Gasteiger partial charge in [-0.3, -0.25) is 10.1 Å². The first-order valence-electron chi connectivity index (χ1n) is 7.67. The molecular formula is C17H21BrF3N3O. The fourth-order valence-corrected chi connectivity index (χ4v) is 2.59. The van der Waals surface area contributed by atoms with Crippen LogP contribution in [0.25, 0.3) is 0 Å². The molecule has 0 saturated carbocycles. The number of carbonyl (C=O) groups excluding carboxylic acids is 1. The summed E-state index contributed by atoms with van der Waals surface area (Å²) in [5.74, 6) is -0.622. The molecule has 1 aromatic rings. The molecule has 2 atom stereocenters. The number of amides is 1. The van der Waals surface area contributed by atoms with Gasteiger partial charge in [-0.1, -0.05) is 48.8 Å². The zero-order valence-electron chi connectivity index (χ0n) is 14.2. The molecule has 1 aromatic carbocycles. The van der Waals surface area contributed by atoms with E-state index in [9.17, 15) is 18.0 Å². The summed E-state index contributed by atoms with van der Waals surface area (Å²) in [5.41, 5.74) is -0.361. The molecule has 0 aromatic heterocycles. The Morgan fingerprint density at radius 3 is 2.24 bits per heavy atom. The minimum atomic E-state index is -4.57. The molecule has 138 valence electrons. The lowest BCUT2D eigenvalue weighted by Crippen LogP contribution is -2.50. The van der Waals surface area contributed by atoms with Gasteiger partial charge in [0.1, 0.15) is 12.6 Å². The Balaban J connectivity index is 3.11. The van der Waals surface area contributed by atoms with Crippen LogP contribution in [0, 0.1) is 16.7 Å². The Bertz CT molecular complexity index is 618. The second-order valence-electron chi connectivity index (χ2n) is 6.89. The molecule has 1 amide bonds. The van der Waals surface area contributed by atoms with Crippen molar-refractivity contribution in [2.75, 3.05) is 6.54 Å². The van der Waals surface area contributed by atoms with Crippen molar-refractivity contribution < 1.29 is 18.0 Å². The number of hydrogen-bond acceptors (Lipinski definition) is 3. The van der Waals surface area contributed by atoms with Crippen molar-refractivity contribution in [3.63, 3.8) is 0 Å². The number of benzene rings is 1. The Morgan fingerprint density at radius 1 is 1.24 bits per heavy atom. The molecule has 8 heteroatoms. The summed E-state index contributed by atoms with van der Waals surface area (Å²) in [5, 5.41) is 13.3. The van der Waals surface area contributed by atoms with Crippen LogP contribution in [0.5, 0.6) is 0 Å². The maximum absolute atomic E-state index is 13.6. The number of nitriles is 1. The van der Waals surface area contributed by atoms with Crippen molar-refractivity contribution in [2.24, 2.45) is 5.41 Å². The van der Waals surface area contributed by atoms with Crippen molar-refractivity contribution in [2.45, 2.75) is 45.5 Å². The molecule has 4 nitrogen and oxygen atoms in total. The van der Waals surface area contributed by atoms with Gasteiger partial charge in [0.15, 0.2) is 0 Å². The Hall–Kier alpha value is -1.59. The van der Waals surface area contributed by atoms with Crippen molar-refractivity contribution >= 4 is 21.8 Å². The molecule has 0 saturated heterocycles. The van der Waals surface area contributed by atoms with Crippen molar-refractivity contribution in [3.8, 4) is 6.07 Å². The summed E-state index contributed by atoms with van der Waals surface area (Å²) in [4.78, 5) is 12.2. The van der Waals surface area contributed by atoms with Crippen molar-refractivity contribution in [1.29, 1.82) is 5.26 Å². The van der Waals surface area contributed by atoms with Crippen LogP contribution in [-0.4, -0.2) is 24.7 Å². The van der Waals surface area contributed by atoms with E-state index in [1.165, 1.54) is 24.3 Å². The minimum Gasteiger partial charge on any atom is -0.342 e. The first-order chi connectivity index (χ1) is 11.4. The van der Waals surface area contributed by atoms with E-state index in [1.807, 2.05) is 20.8 Å². The SMILES string of the molecule is CC(C)(C)C[C@H](N[C@@H](c1ccc(Br)cc1)C(F)(F)F)C(=O)NCC#N. The van der Waals surface area contributed by atoms with Gasteiger partial charge in [0, 0.05) is 4.47 Å². The number of nitrogens with zero attached hydrogens (tertiary/aromatic N) is 1. The highest BCUT2D eigenvalue weighted by Gasteiger charge is 2.43. The van der Waals surface area contributed by atoms with E-state index in [0.717, 1.165) is 0 Å². The average molecular weight is 420 g/mol. The van der Waals surface area contributed by atoms with E-state index in [-0.39, 0.29) is 23.9 Å². The summed E-state index contributed by atoms with van der Waals surface area (Å²) in [6.45, 7) is 5.25. The summed E-state index contributed by atoms with van der Waals surface area (Å²) in [7, 11) is 0. The zero-order valence-corrected chi connectivity index (χ0v) is 15.8.